The van der Waals surface area contributed by atoms with Crippen molar-refractivity contribution in [3.63, 3.8) is 0 Å². The number of aromatic nitrogens is 1. The average molecular weight is 292 g/mol. The topological polar surface area (TPSA) is 71.5 Å². The van der Waals surface area contributed by atoms with Crippen molar-refractivity contribution in [1.82, 2.24) is 10.3 Å². The highest BCUT2D eigenvalue weighted by Gasteiger charge is 2.03. The molecule has 0 bridgehead atoms. The summed E-state index contributed by atoms with van der Waals surface area (Å²) in [5, 5.41) is 15.1. The van der Waals surface area contributed by atoms with Crippen LogP contribution in [0.2, 0.25) is 0 Å². The number of aromatic carboxylic acids is 1. The lowest BCUT2D eigenvalue weighted by atomic mass is 10.1. The normalized spacial score (nSPS) is 10.7. The molecule has 5 nitrogen and oxygen atoms in total. The first kappa shape index (κ1) is 14.6. The number of carboxylic acids is 1. The first-order chi connectivity index (χ1) is 9.69. The van der Waals surface area contributed by atoms with Gasteiger partial charge in [-0.3, -0.25) is 0 Å². The highest BCUT2D eigenvalue weighted by Crippen LogP contribution is 2.11. The summed E-state index contributed by atoms with van der Waals surface area (Å²) in [6.45, 7) is 1.90. The van der Waals surface area contributed by atoms with E-state index in [2.05, 4.69) is 10.3 Å². The number of carbonyl (C=O) groups is 1. The summed E-state index contributed by atoms with van der Waals surface area (Å²) in [6.07, 6.45) is 0. The third kappa shape index (κ3) is 4.12. The fraction of sp³-hybridized carbons (Fsp3) is 0.286. The maximum absolute atomic E-state index is 10.7. The molecule has 1 aromatic carbocycles. The van der Waals surface area contributed by atoms with E-state index >= 15 is 0 Å². The molecule has 0 spiro atoms. The van der Waals surface area contributed by atoms with Gasteiger partial charge in [-0.2, -0.15) is 0 Å². The van der Waals surface area contributed by atoms with E-state index in [1.54, 1.807) is 30.6 Å². The molecule has 0 amide bonds. The highest BCUT2D eigenvalue weighted by atomic mass is 32.1. The molecule has 0 atom stereocenters. The van der Waals surface area contributed by atoms with Gasteiger partial charge in [-0.15, -0.1) is 11.3 Å². The van der Waals surface area contributed by atoms with E-state index in [0.29, 0.717) is 25.3 Å². The van der Waals surface area contributed by atoms with Crippen LogP contribution in [0.1, 0.15) is 26.6 Å². The number of carboxylic acid groups (broad SMARTS) is 1. The van der Waals surface area contributed by atoms with Crippen molar-refractivity contribution in [3.05, 3.63) is 51.5 Å². The fourth-order valence-electron chi connectivity index (χ4n) is 1.72. The summed E-state index contributed by atoms with van der Waals surface area (Å²) >= 11 is 1.58. The quantitative estimate of drug-likeness (QED) is 0.819. The summed E-state index contributed by atoms with van der Waals surface area (Å²) < 4.78 is 5.03. The smallest absolute Gasteiger partial charge is 0.335 e. The Labute approximate surface area is 121 Å². The molecule has 20 heavy (non-hydrogen) atoms. The van der Waals surface area contributed by atoms with Crippen molar-refractivity contribution in [1.29, 1.82) is 0 Å². The van der Waals surface area contributed by atoms with Crippen LogP contribution in [0.5, 0.6) is 0 Å². The van der Waals surface area contributed by atoms with Gasteiger partial charge in [-0.1, -0.05) is 12.1 Å². The lowest BCUT2D eigenvalue weighted by molar-refractivity contribution is 0.0697. The minimum Gasteiger partial charge on any atom is -0.478 e. The summed E-state index contributed by atoms with van der Waals surface area (Å²) in [6, 6.07) is 6.85. The number of rotatable bonds is 7. The predicted molar refractivity (Wildman–Crippen MR) is 76.8 cm³/mol. The zero-order valence-electron chi connectivity index (χ0n) is 11.1. The van der Waals surface area contributed by atoms with Gasteiger partial charge in [-0.05, 0) is 17.7 Å². The largest absolute Gasteiger partial charge is 0.478 e. The molecule has 0 aliphatic carbocycles. The summed E-state index contributed by atoms with van der Waals surface area (Å²) in [5.41, 5.74) is 2.34. The minimum absolute atomic E-state index is 0.303. The van der Waals surface area contributed by atoms with Gasteiger partial charge in [0, 0.05) is 25.6 Å². The second-order valence-electron chi connectivity index (χ2n) is 4.27. The van der Waals surface area contributed by atoms with Crippen molar-refractivity contribution in [2.24, 2.45) is 0 Å². The number of nitrogens with zero attached hydrogens (tertiary/aromatic N) is 1. The number of nitrogens with one attached hydrogen (secondary N) is 1. The van der Waals surface area contributed by atoms with Crippen LogP contribution in [-0.2, 0) is 24.4 Å². The second kappa shape index (κ2) is 7.14. The molecule has 2 aromatic rings. The molecule has 0 aliphatic rings. The Morgan fingerprint density at radius 3 is 2.75 bits per heavy atom. The number of hydrogen-bond donors (Lipinski definition) is 2. The zero-order chi connectivity index (χ0) is 14.4. The van der Waals surface area contributed by atoms with Crippen molar-refractivity contribution in [2.75, 3.05) is 7.11 Å². The third-order valence-electron chi connectivity index (χ3n) is 2.70. The predicted octanol–water partition coefficient (Wildman–Crippen LogP) is 2.28. The lowest BCUT2D eigenvalue weighted by Gasteiger charge is -2.03. The number of ether oxygens (including phenoxy) is 1. The van der Waals surface area contributed by atoms with Crippen LogP contribution in [-0.4, -0.2) is 23.2 Å². The van der Waals surface area contributed by atoms with Crippen LogP contribution in [0.25, 0.3) is 0 Å². The second-order valence-corrected chi connectivity index (χ2v) is 5.21. The third-order valence-corrected chi connectivity index (χ3v) is 3.57. The Morgan fingerprint density at radius 2 is 2.10 bits per heavy atom. The van der Waals surface area contributed by atoms with Crippen LogP contribution in [0.4, 0.5) is 0 Å². The first-order valence-electron chi connectivity index (χ1n) is 6.14. The van der Waals surface area contributed by atoms with E-state index in [1.165, 1.54) is 0 Å². The number of hydrogen-bond acceptors (Lipinski definition) is 5. The average Bonchev–Trinajstić information content (AvgIpc) is 2.87. The molecule has 106 valence electrons. The molecule has 0 saturated carbocycles. The Morgan fingerprint density at radius 1 is 1.35 bits per heavy atom. The maximum Gasteiger partial charge on any atom is 0.335 e. The summed E-state index contributed by atoms with van der Waals surface area (Å²) in [5.74, 6) is -0.905. The van der Waals surface area contributed by atoms with Gasteiger partial charge in [0.25, 0.3) is 0 Å². The summed E-state index contributed by atoms with van der Waals surface area (Å²) in [4.78, 5) is 15.2. The Kier molecular flexibility index (Phi) is 5.23. The van der Waals surface area contributed by atoms with Gasteiger partial charge in [0.2, 0.25) is 0 Å². The molecule has 1 heterocycles. The maximum atomic E-state index is 10.7. The van der Waals surface area contributed by atoms with Crippen LogP contribution in [0.3, 0.4) is 0 Å². The SMILES string of the molecule is COCc1nc(CNCc2ccc(C(=O)O)cc2)cs1. The standard InChI is InChI=1S/C14H16N2O3S/c1-19-8-13-16-12(9-20-13)7-15-6-10-2-4-11(5-3-10)14(17)18/h2-5,9,15H,6-8H2,1H3,(H,17,18). The Hall–Kier alpha value is -1.76. The van der Waals surface area contributed by atoms with Crippen molar-refractivity contribution < 1.29 is 14.6 Å². The molecule has 2 rings (SSSR count). The van der Waals surface area contributed by atoms with Crippen LogP contribution in [0, 0.1) is 0 Å². The molecule has 2 N–H and O–H groups in total. The Bertz CT molecular complexity index is 566. The molecule has 0 radical (unpaired) electrons. The zero-order valence-corrected chi connectivity index (χ0v) is 11.9. The number of methoxy groups -OCH3 is 1. The van der Waals surface area contributed by atoms with Gasteiger partial charge in [0.15, 0.2) is 0 Å². The van der Waals surface area contributed by atoms with E-state index in [-0.39, 0.29) is 0 Å². The fourth-order valence-corrected chi connectivity index (χ4v) is 2.48. The molecule has 1 aromatic heterocycles. The van der Waals surface area contributed by atoms with Crippen LogP contribution >= 0.6 is 11.3 Å². The Balaban J connectivity index is 1.81. The molecule has 0 unspecified atom stereocenters. The lowest BCUT2D eigenvalue weighted by Crippen LogP contribution is -2.13. The monoisotopic (exact) mass is 292 g/mol. The van der Waals surface area contributed by atoms with Crippen molar-refractivity contribution in [2.45, 2.75) is 19.7 Å². The van der Waals surface area contributed by atoms with Crippen LogP contribution in [0.15, 0.2) is 29.6 Å². The minimum atomic E-state index is -0.905. The van der Waals surface area contributed by atoms with Gasteiger partial charge < -0.3 is 15.2 Å². The van der Waals surface area contributed by atoms with Gasteiger partial charge in [-0.25, -0.2) is 9.78 Å². The van der Waals surface area contributed by atoms with Gasteiger partial charge in [0.05, 0.1) is 17.9 Å². The molecular formula is C14H16N2O3S. The van der Waals surface area contributed by atoms with Crippen LogP contribution < -0.4 is 5.32 Å². The summed E-state index contributed by atoms with van der Waals surface area (Å²) in [7, 11) is 1.65. The van der Waals surface area contributed by atoms with Crippen molar-refractivity contribution in [3.8, 4) is 0 Å². The highest BCUT2D eigenvalue weighted by molar-refractivity contribution is 7.09. The van der Waals surface area contributed by atoms with E-state index in [4.69, 9.17) is 9.84 Å². The van der Waals surface area contributed by atoms with E-state index in [0.717, 1.165) is 16.3 Å². The first-order valence-corrected chi connectivity index (χ1v) is 7.02. The molecule has 0 fully saturated rings. The van der Waals surface area contributed by atoms with Gasteiger partial charge in [0.1, 0.15) is 5.01 Å². The number of thiazole rings is 1. The van der Waals surface area contributed by atoms with Gasteiger partial charge >= 0.3 is 5.97 Å². The molecule has 0 aliphatic heterocycles. The molecular weight excluding hydrogens is 276 g/mol. The van der Waals surface area contributed by atoms with E-state index in [9.17, 15) is 4.79 Å². The van der Waals surface area contributed by atoms with E-state index in [1.807, 2.05) is 17.5 Å². The molecule has 6 heteroatoms. The number of benzene rings is 1. The van der Waals surface area contributed by atoms with E-state index < -0.39 is 5.97 Å². The van der Waals surface area contributed by atoms with Crippen molar-refractivity contribution >= 4 is 17.3 Å². The molecule has 0 saturated heterocycles.